The number of amides is 2. The van der Waals surface area contributed by atoms with E-state index in [2.05, 4.69) is 20.6 Å². The van der Waals surface area contributed by atoms with Crippen molar-refractivity contribution < 1.29 is 29.0 Å². The summed E-state index contributed by atoms with van der Waals surface area (Å²) < 4.78 is 5.39. The van der Waals surface area contributed by atoms with Gasteiger partial charge in [0.25, 0.3) is 5.91 Å². The van der Waals surface area contributed by atoms with Gasteiger partial charge in [-0.3, -0.25) is 9.59 Å². The molecule has 0 unspecified atom stereocenters. The van der Waals surface area contributed by atoms with Crippen LogP contribution in [-0.4, -0.2) is 44.9 Å². The third kappa shape index (κ3) is 6.68. The minimum absolute atomic E-state index is 0.101. The number of aromatic amines is 1. The van der Waals surface area contributed by atoms with E-state index < -0.39 is 29.8 Å². The zero-order chi connectivity index (χ0) is 29.5. The fraction of sp³-hybridized carbons (Fsp3) is 0.0938. The Hall–Kier alpha value is -5.77. The Morgan fingerprint density at radius 3 is 2.26 bits per heavy atom. The van der Waals surface area contributed by atoms with E-state index in [9.17, 15) is 24.3 Å². The lowest BCUT2D eigenvalue weighted by Crippen LogP contribution is -2.45. The van der Waals surface area contributed by atoms with Crippen LogP contribution >= 0.6 is 0 Å². The summed E-state index contributed by atoms with van der Waals surface area (Å²) in [5.41, 5.74) is 2.69. The van der Waals surface area contributed by atoms with Crippen LogP contribution in [0.25, 0.3) is 11.0 Å². The number of rotatable bonds is 10. The zero-order valence-corrected chi connectivity index (χ0v) is 22.2. The molecule has 10 heteroatoms. The molecule has 42 heavy (non-hydrogen) atoms. The van der Waals surface area contributed by atoms with E-state index in [-0.39, 0.29) is 29.7 Å². The number of carbonyl (C=O) groups excluding carboxylic acids is 3. The maximum Gasteiger partial charge on any atom is 0.338 e. The molecule has 0 saturated carbocycles. The molecule has 1 aromatic heterocycles. The number of imidazole rings is 1. The van der Waals surface area contributed by atoms with Crippen molar-refractivity contribution in [1.29, 1.82) is 0 Å². The number of fused-ring (bicyclic) bond motifs is 1. The highest BCUT2D eigenvalue weighted by molar-refractivity contribution is 6.09. The largest absolute Gasteiger partial charge is 0.478 e. The molecule has 0 bridgehead atoms. The molecule has 10 nitrogen and oxygen atoms in total. The Labute approximate surface area is 240 Å². The number of carboxylic acid groups (broad SMARTS) is 1. The molecule has 0 saturated heterocycles. The molecule has 0 aliphatic rings. The van der Waals surface area contributed by atoms with Crippen molar-refractivity contribution in [2.75, 3.05) is 5.32 Å². The van der Waals surface area contributed by atoms with Gasteiger partial charge in [-0.25, -0.2) is 14.6 Å². The van der Waals surface area contributed by atoms with Crippen LogP contribution in [0.4, 0.5) is 5.69 Å². The highest BCUT2D eigenvalue weighted by Crippen LogP contribution is 2.19. The highest BCUT2D eigenvalue weighted by atomic mass is 16.5. The molecule has 5 rings (SSSR count). The van der Waals surface area contributed by atoms with Gasteiger partial charge in [-0.15, -0.1) is 0 Å². The van der Waals surface area contributed by atoms with E-state index in [1.165, 1.54) is 24.5 Å². The molecule has 0 radical (unpaired) electrons. The lowest BCUT2D eigenvalue weighted by Gasteiger charge is -2.19. The number of H-pyrrole nitrogens is 1. The number of nitrogens with one attached hydrogen (secondary N) is 3. The maximum atomic E-state index is 13.5. The fourth-order valence-electron chi connectivity index (χ4n) is 4.40. The van der Waals surface area contributed by atoms with E-state index in [1.54, 1.807) is 18.2 Å². The minimum Gasteiger partial charge on any atom is -0.478 e. The van der Waals surface area contributed by atoms with Gasteiger partial charge in [0, 0.05) is 12.1 Å². The molecule has 4 N–H and O–H groups in total. The predicted molar refractivity (Wildman–Crippen MR) is 155 cm³/mol. The van der Waals surface area contributed by atoms with Crippen molar-refractivity contribution in [3.8, 4) is 0 Å². The number of aromatic nitrogens is 2. The molecular formula is C32H26N4O6. The molecule has 1 heterocycles. The summed E-state index contributed by atoms with van der Waals surface area (Å²) in [5, 5.41) is 15.2. The predicted octanol–water partition coefficient (Wildman–Crippen LogP) is 4.60. The molecular weight excluding hydrogens is 536 g/mol. The van der Waals surface area contributed by atoms with Crippen LogP contribution in [0.3, 0.4) is 0 Å². The van der Waals surface area contributed by atoms with Gasteiger partial charge in [0.15, 0.2) is 0 Å². The lowest BCUT2D eigenvalue weighted by atomic mass is 10.0. The van der Waals surface area contributed by atoms with Crippen LogP contribution in [0.15, 0.2) is 103 Å². The fourth-order valence-corrected chi connectivity index (χ4v) is 4.40. The Morgan fingerprint density at radius 2 is 1.55 bits per heavy atom. The Kier molecular flexibility index (Phi) is 8.34. The highest BCUT2D eigenvalue weighted by Gasteiger charge is 2.26. The summed E-state index contributed by atoms with van der Waals surface area (Å²) in [6.07, 6.45) is 1.53. The number of anilines is 1. The Morgan fingerprint density at radius 1 is 0.833 bits per heavy atom. The smallest absolute Gasteiger partial charge is 0.338 e. The molecule has 0 spiro atoms. The van der Waals surface area contributed by atoms with Crippen LogP contribution < -0.4 is 10.6 Å². The first kappa shape index (κ1) is 27.8. The molecule has 1 atom stereocenters. The summed E-state index contributed by atoms with van der Waals surface area (Å²) >= 11 is 0. The first-order chi connectivity index (χ1) is 20.4. The summed E-state index contributed by atoms with van der Waals surface area (Å²) in [5.74, 6) is -3.15. The molecule has 0 aliphatic carbocycles. The molecule has 2 amide bonds. The van der Waals surface area contributed by atoms with Gasteiger partial charge in [0.1, 0.15) is 12.6 Å². The van der Waals surface area contributed by atoms with Gasteiger partial charge in [-0.05, 0) is 41.5 Å². The lowest BCUT2D eigenvalue weighted by molar-refractivity contribution is -0.118. The van der Waals surface area contributed by atoms with E-state index >= 15 is 0 Å². The number of esters is 1. The average Bonchev–Trinajstić information content (AvgIpc) is 3.48. The zero-order valence-electron chi connectivity index (χ0n) is 22.2. The third-order valence-electron chi connectivity index (χ3n) is 6.52. The van der Waals surface area contributed by atoms with Crippen molar-refractivity contribution >= 4 is 40.5 Å². The average molecular weight is 563 g/mol. The summed E-state index contributed by atoms with van der Waals surface area (Å²) in [4.78, 5) is 58.4. The number of hydrogen-bond acceptors (Lipinski definition) is 6. The first-order valence-electron chi connectivity index (χ1n) is 13.0. The number of nitrogens with zero attached hydrogens (tertiary/aromatic N) is 1. The molecule has 0 fully saturated rings. The van der Waals surface area contributed by atoms with Crippen molar-refractivity contribution in [2.45, 2.75) is 19.1 Å². The van der Waals surface area contributed by atoms with Gasteiger partial charge >= 0.3 is 11.9 Å². The Bertz CT molecular complexity index is 1750. The second kappa shape index (κ2) is 12.6. The number of carboxylic acids is 1. The van der Waals surface area contributed by atoms with Gasteiger partial charge < -0.3 is 25.5 Å². The number of carbonyl (C=O) groups is 4. The van der Waals surface area contributed by atoms with Crippen LogP contribution in [0.5, 0.6) is 0 Å². The SMILES string of the molecule is O=C(OCc1ccccc1)c1cccc(NC(=O)[C@H](Cc2ccccc2)NC(=O)c2cc3nc[nH]c3cc2C(=O)O)c1. The monoisotopic (exact) mass is 562 g/mol. The third-order valence-corrected chi connectivity index (χ3v) is 6.52. The quantitative estimate of drug-likeness (QED) is 0.182. The van der Waals surface area contributed by atoms with Crippen LogP contribution in [0.1, 0.15) is 42.2 Å². The van der Waals surface area contributed by atoms with Crippen molar-refractivity contribution in [3.05, 3.63) is 131 Å². The summed E-state index contributed by atoms with van der Waals surface area (Å²) in [6.45, 7) is 0.101. The van der Waals surface area contributed by atoms with Crippen LogP contribution in [0, 0.1) is 0 Å². The molecule has 4 aromatic carbocycles. The van der Waals surface area contributed by atoms with E-state index in [1.807, 2.05) is 60.7 Å². The van der Waals surface area contributed by atoms with Crippen molar-refractivity contribution in [2.24, 2.45) is 0 Å². The van der Waals surface area contributed by atoms with Gasteiger partial charge in [0.2, 0.25) is 5.91 Å². The maximum absolute atomic E-state index is 13.5. The second-order valence-corrected chi connectivity index (χ2v) is 9.47. The minimum atomic E-state index is -1.29. The number of hydrogen-bond donors (Lipinski definition) is 4. The Balaban J connectivity index is 1.35. The molecule has 0 aliphatic heterocycles. The molecule has 210 valence electrons. The second-order valence-electron chi connectivity index (χ2n) is 9.47. The number of benzene rings is 4. The van der Waals surface area contributed by atoms with Gasteiger partial charge in [-0.2, -0.15) is 0 Å². The number of aromatic carboxylic acids is 1. The van der Waals surface area contributed by atoms with Crippen LogP contribution in [0.2, 0.25) is 0 Å². The van der Waals surface area contributed by atoms with E-state index in [0.717, 1.165) is 11.1 Å². The van der Waals surface area contributed by atoms with E-state index in [0.29, 0.717) is 16.7 Å². The van der Waals surface area contributed by atoms with Crippen molar-refractivity contribution in [3.63, 3.8) is 0 Å². The normalized spacial score (nSPS) is 11.4. The van der Waals surface area contributed by atoms with E-state index in [4.69, 9.17) is 4.74 Å². The van der Waals surface area contributed by atoms with Gasteiger partial charge in [0.05, 0.1) is 34.1 Å². The topological polar surface area (TPSA) is 150 Å². The van der Waals surface area contributed by atoms with Gasteiger partial charge in [-0.1, -0.05) is 66.7 Å². The summed E-state index contributed by atoms with van der Waals surface area (Å²) in [7, 11) is 0. The number of ether oxygens (including phenoxy) is 1. The standard InChI is InChI=1S/C32H26N4O6/c37-29(24-16-26-27(34-19-33-26)17-25(24)31(39)40)36-28(14-20-8-3-1-4-9-20)30(38)35-23-13-7-12-22(15-23)32(41)42-18-21-10-5-2-6-11-21/h1-13,15-17,19,28H,14,18H2,(H,33,34)(H,35,38)(H,36,37)(H,39,40)/t28-/m0/s1. The summed E-state index contributed by atoms with van der Waals surface area (Å²) in [6, 6.07) is 26.2. The van der Waals surface area contributed by atoms with Crippen LogP contribution in [-0.2, 0) is 22.6 Å². The van der Waals surface area contributed by atoms with Crippen molar-refractivity contribution in [1.82, 2.24) is 15.3 Å². The first-order valence-corrected chi connectivity index (χ1v) is 13.0. The molecule has 5 aromatic rings.